The fourth-order valence-corrected chi connectivity index (χ4v) is 4.61. The SMILES string of the molecule is Br.CCCCCCC(Cc1ccccc1)C(N)(Cc1ccccc1)Cc1ccccc1. The highest BCUT2D eigenvalue weighted by Gasteiger charge is 2.35. The molecule has 0 saturated heterocycles. The molecule has 1 nitrogen and oxygen atoms in total. The predicted octanol–water partition coefficient (Wildman–Crippen LogP) is 7.58. The van der Waals surface area contributed by atoms with Gasteiger partial charge in [-0.05, 0) is 48.3 Å². The molecule has 2 heteroatoms. The first-order valence-corrected chi connectivity index (χ1v) is 11.6. The first kappa shape index (κ1) is 25.4. The molecule has 0 saturated carbocycles. The van der Waals surface area contributed by atoms with E-state index in [1.54, 1.807) is 0 Å². The van der Waals surface area contributed by atoms with Crippen LogP contribution in [0, 0.1) is 5.92 Å². The molecule has 0 spiro atoms. The first-order valence-electron chi connectivity index (χ1n) is 11.6. The van der Waals surface area contributed by atoms with Crippen molar-refractivity contribution in [2.45, 2.75) is 63.8 Å². The highest BCUT2D eigenvalue weighted by molar-refractivity contribution is 8.93. The summed E-state index contributed by atoms with van der Waals surface area (Å²) >= 11 is 0. The van der Waals surface area contributed by atoms with Crippen molar-refractivity contribution in [3.05, 3.63) is 108 Å². The second-order valence-corrected chi connectivity index (χ2v) is 8.79. The normalized spacial score (nSPS) is 12.2. The van der Waals surface area contributed by atoms with Gasteiger partial charge in [-0.2, -0.15) is 0 Å². The van der Waals surface area contributed by atoms with Gasteiger partial charge in [-0.15, -0.1) is 17.0 Å². The fraction of sp³-hybridized carbons (Fsp3) is 0.379. The third-order valence-electron chi connectivity index (χ3n) is 6.30. The fourth-order valence-electron chi connectivity index (χ4n) is 4.61. The summed E-state index contributed by atoms with van der Waals surface area (Å²) in [5.41, 5.74) is 11.2. The third kappa shape index (κ3) is 8.27. The quantitative estimate of drug-likeness (QED) is 0.266. The minimum atomic E-state index is -0.273. The van der Waals surface area contributed by atoms with Gasteiger partial charge in [0.2, 0.25) is 0 Å². The van der Waals surface area contributed by atoms with Gasteiger partial charge in [0.15, 0.2) is 0 Å². The molecular weight excluding hydrogens is 442 g/mol. The maximum absolute atomic E-state index is 7.37. The Labute approximate surface area is 199 Å². The standard InChI is InChI=1S/C29H37N.BrH/c1-2-3-4-14-21-28(22-25-15-8-5-9-16-25)29(30,23-26-17-10-6-11-18-26)24-27-19-12-7-13-20-27;/h5-13,15-20,28H,2-4,14,21-24,30H2,1H3;1H. The number of hydrogen-bond acceptors (Lipinski definition) is 1. The van der Waals surface area contributed by atoms with Crippen LogP contribution in [0.3, 0.4) is 0 Å². The lowest BCUT2D eigenvalue weighted by molar-refractivity contribution is 0.241. The third-order valence-corrected chi connectivity index (χ3v) is 6.30. The molecule has 3 aromatic carbocycles. The molecule has 0 radical (unpaired) electrons. The van der Waals surface area contributed by atoms with Crippen LogP contribution in [0.2, 0.25) is 0 Å². The van der Waals surface area contributed by atoms with Crippen molar-refractivity contribution >= 4 is 17.0 Å². The van der Waals surface area contributed by atoms with Gasteiger partial charge in [-0.25, -0.2) is 0 Å². The van der Waals surface area contributed by atoms with Gasteiger partial charge in [-0.3, -0.25) is 0 Å². The Morgan fingerprint density at radius 3 is 1.55 bits per heavy atom. The van der Waals surface area contributed by atoms with E-state index in [1.165, 1.54) is 48.8 Å². The highest BCUT2D eigenvalue weighted by atomic mass is 79.9. The van der Waals surface area contributed by atoms with Crippen LogP contribution < -0.4 is 5.73 Å². The lowest BCUT2D eigenvalue weighted by atomic mass is 9.71. The van der Waals surface area contributed by atoms with Crippen molar-refractivity contribution in [2.75, 3.05) is 0 Å². The van der Waals surface area contributed by atoms with Crippen LogP contribution in [0.5, 0.6) is 0 Å². The zero-order chi connectivity index (χ0) is 21.1. The molecule has 0 fully saturated rings. The second kappa shape index (κ2) is 13.5. The Balaban J connectivity index is 0.00000341. The summed E-state index contributed by atoms with van der Waals surface area (Å²) in [4.78, 5) is 0. The van der Waals surface area contributed by atoms with E-state index in [-0.39, 0.29) is 22.5 Å². The number of benzene rings is 3. The Bertz CT molecular complexity index is 791. The van der Waals surface area contributed by atoms with E-state index in [2.05, 4.69) is 97.9 Å². The monoisotopic (exact) mass is 479 g/mol. The minimum absolute atomic E-state index is 0. The molecule has 1 atom stereocenters. The van der Waals surface area contributed by atoms with Crippen molar-refractivity contribution in [3.63, 3.8) is 0 Å². The van der Waals surface area contributed by atoms with Crippen LogP contribution >= 0.6 is 17.0 Å². The van der Waals surface area contributed by atoms with Crippen LogP contribution in [-0.2, 0) is 19.3 Å². The molecule has 0 aromatic heterocycles. The molecular formula is C29H38BrN. The topological polar surface area (TPSA) is 26.0 Å². The van der Waals surface area contributed by atoms with Gasteiger partial charge in [0, 0.05) is 5.54 Å². The smallest absolute Gasteiger partial charge is 0.0267 e. The lowest BCUT2D eigenvalue weighted by Gasteiger charge is -2.39. The van der Waals surface area contributed by atoms with E-state index in [1.807, 2.05) is 0 Å². The first-order chi connectivity index (χ1) is 14.7. The average molecular weight is 481 g/mol. The Morgan fingerprint density at radius 1 is 0.645 bits per heavy atom. The summed E-state index contributed by atoms with van der Waals surface area (Å²) in [7, 11) is 0. The zero-order valence-corrected chi connectivity index (χ0v) is 20.6. The summed E-state index contributed by atoms with van der Waals surface area (Å²) < 4.78 is 0. The number of halogens is 1. The number of rotatable bonds is 12. The second-order valence-electron chi connectivity index (χ2n) is 8.79. The molecule has 0 heterocycles. The number of nitrogens with two attached hydrogens (primary N) is 1. The van der Waals surface area contributed by atoms with Crippen LogP contribution in [0.1, 0.15) is 55.7 Å². The molecule has 1 unspecified atom stereocenters. The molecule has 0 aliphatic heterocycles. The number of hydrogen-bond donors (Lipinski definition) is 1. The van der Waals surface area contributed by atoms with Gasteiger partial charge in [0.1, 0.15) is 0 Å². The summed E-state index contributed by atoms with van der Waals surface area (Å²) in [6.45, 7) is 2.28. The Morgan fingerprint density at radius 2 is 1.10 bits per heavy atom. The van der Waals surface area contributed by atoms with Crippen LogP contribution in [0.15, 0.2) is 91.0 Å². The van der Waals surface area contributed by atoms with E-state index in [9.17, 15) is 0 Å². The van der Waals surface area contributed by atoms with E-state index in [0.29, 0.717) is 5.92 Å². The van der Waals surface area contributed by atoms with Crippen LogP contribution in [0.4, 0.5) is 0 Å². The van der Waals surface area contributed by atoms with Crippen molar-refractivity contribution in [3.8, 4) is 0 Å². The van der Waals surface area contributed by atoms with Crippen LogP contribution in [0.25, 0.3) is 0 Å². The van der Waals surface area contributed by atoms with E-state index in [0.717, 1.165) is 19.3 Å². The maximum Gasteiger partial charge on any atom is 0.0267 e. The summed E-state index contributed by atoms with van der Waals surface area (Å²) in [5.74, 6) is 0.442. The van der Waals surface area contributed by atoms with Crippen molar-refractivity contribution in [1.29, 1.82) is 0 Å². The van der Waals surface area contributed by atoms with Crippen molar-refractivity contribution in [2.24, 2.45) is 11.7 Å². The van der Waals surface area contributed by atoms with E-state index in [4.69, 9.17) is 5.73 Å². The van der Waals surface area contributed by atoms with Gasteiger partial charge in [0.05, 0.1) is 0 Å². The van der Waals surface area contributed by atoms with Crippen molar-refractivity contribution in [1.82, 2.24) is 0 Å². The molecule has 0 aliphatic rings. The largest absolute Gasteiger partial charge is 0.324 e. The average Bonchev–Trinajstić information content (AvgIpc) is 2.78. The van der Waals surface area contributed by atoms with Gasteiger partial charge in [-0.1, -0.05) is 124 Å². The van der Waals surface area contributed by atoms with Gasteiger partial charge in [0.25, 0.3) is 0 Å². The minimum Gasteiger partial charge on any atom is -0.324 e. The molecule has 0 amide bonds. The number of unbranched alkanes of at least 4 members (excludes halogenated alkanes) is 3. The van der Waals surface area contributed by atoms with Crippen molar-refractivity contribution < 1.29 is 0 Å². The summed E-state index contributed by atoms with van der Waals surface area (Å²) in [6, 6.07) is 32.5. The molecule has 3 aromatic rings. The maximum atomic E-state index is 7.37. The Hall–Kier alpha value is -1.90. The molecule has 3 rings (SSSR count). The molecule has 31 heavy (non-hydrogen) atoms. The highest BCUT2D eigenvalue weighted by Crippen LogP contribution is 2.32. The zero-order valence-electron chi connectivity index (χ0n) is 18.9. The predicted molar refractivity (Wildman–Crippen MR) is 140 cm³/mol. The Kier molecular flexibility index (Phi) is 11.0. The molecule has 0 bridgehead atoms. The molecule has 0 aliphatic carbocycles. The van der Waals surface area contributed by atoms with Gasteiger partial charge >= 0.3 is 0 Å². The summed E-state index contributed by atoms with van der Waals surface area (Å²) in [5, 5.41) is 0. The van der Waals surface area contributed by atoms with E-state index < -0.39 is 0 Å². The van der Waals surface area contributed by atoms with Crippen LogP contribution in [-0.4, -0.2) is 5.54 Å². The summed E-state index contributed by atoms with van der Waals surface area (Å²) in [6.07, 6.45) is 9.19. The lowest BCUT2D eigenvalue weighted by Crippen LogP contribution is -2.52. The molecule has 2 N–H and O–H groups in total. The van der Waals surface area contributed by atoms with E-state index >= 15 is 0 Å². The molecule has 166 valence electrons. The van der Waals surface area contributed by atoms with Gasteiger partial charge < -0.3 is 5.73 Å².